The number of likely N-dealkylation sites (tertiary alicyclic amines) is 1. The first-order valence-electron chi connectivity index (χ1n) is 10.4. The van der Waals surface area contributed by atoms with Gasteiger partial charge in [0.15, 0.2) is 0 Å². The Morgan fingerprint density at radius 2 is 1.86 bits per heavy atom. The van der Waals surface area contributed by atoms with Crippen LogP contribution < -0.4 is 10.2 Å². The average molecular weight is 386 g/mol. The molecule has 1 aliphatic carbocycles. The second-order valence-electron chi connectivity index (χ2n) is 7.84. The highest BCUT2D eigenvalue weighted by Crippen LogP contribution is 2.37. The van der Waals surface area contributed by atoms with Crippen LogP contribution in [0.2, 0.25) is 0 Å². The maximum absolute atomic E-state index is 12.5. The third kappa shape index (κ3) is 4.54. The Bertz CT molecular complexity index is 709. The predicted molar refractivity (Wildman–Crippen MR) is 109 cm³/mol. The van der Waals surface area contributed by atoms with Crippen molar-refractivity contribution in [2.45, 2.75) is 46.0 Å². The van der Waals surface area contributed by atoms with E-state index in [1.54, 1.807) is 0 Å². The molecule has 6 heteroatoms. The molecule has 0 aromatic heterocycles. The van der Waals surface area contributed by atoms with E-state index in [-0.39, 0.29) is 42.5 Å². The normalized spacial score (nSPS) is 21.6. The van der Waals surface area contributed by atoms with Crippen molar-refractivity contribution in [2.24, 2.45) is 11.8 Å². The molecule has 1 N–H and O–H groups in total. The lowest BCUT2D eigenvalue weighted by atomic mass is 9.81. The average Bonchev–Trinajstić information content (AvgIpc) is 2.94. The van der Waals surface area contributed by atoms with E-state index < -0.39 is 0 Å². The van der Waals surface area contributed by atoms with Crippen molar-refractivity contribution in [3.05, 3.63) is 29.8 Å². The number of amides is 3. The number of hydrogen-bond acceptors (Lipinski definition) is 4. The number of rotatable bonds is 8. The number of fused-ring (bicyclic) bond motifs is 1. The van der Waals surface area contributed by atoms with Gasteiger partial charge in [-0.25, -0.2) is 0 Å². The van der Waals surface area contributed by atoms with E-state index in [4.69, 9.17) is 0 Å². The molecule has 1 aliphatic heterocycles. The smallest absolute Gasteiger partial charge is 0.233 e. The minimum absolute atomic E-state index is 0.0703. The minimum atomic E-state index is -0.142. The lowest BCUT2D eigenvalue weighted by molar-refractivity contribution is -0.140. The monoisotopic (exact) mass is 385 g/mol. The van der Waals surface area contributed by atoms with E-state index in [0.29, 0.717) is 6.54 Å². The van der Waals surface area contributed by atoms with E-state index in [9.17, 15) is 14.4 Å². The van der Waals surface area contributed by atoms with Gasteiger partial charge in [0.2, 0.25) is 17.7 Å². The minimum Gasteiger partial charge on any atom is -0.370 e. The van der Waals surface area contributed by atoms with Crippen molar-refractivity contribution in [3.8, 4) is 0 Å². The van der Waals surface area contributed by atoms with Gasteiger partial charge in [-0.15, -0.1) is 0 Å². The van der Waals surface area contributed by atoms with Crippen molar-refractivity contribution < 1.29 is 14.4 Å². The SMILES string of the molecule is CCN(CCNC(=O)CCN1C(=O)[C@H]2CCCC[C@H]2C1=O)c1cccc(C)c1. The van der Waals surface area contributed by atoms with Gasteiger partial charge in [0.25, 0.3) is 0 Å². The molecule has 0 spiro atoms. The summed E-state index contributed by atoms with van der Waals surface area (Å²) >= 11 is 0. The van der Waals surface area contributed by atoms with E-state index in [2.05, 4.69) is 42.3 Å². The van der Waals surface area contributed by atoms with Crippen LogP contribution in [-0.4, -0.2) is 48.8 Å². The van der Waals surface area contributed by atoms with Crippen LogP contribution in [0.1, 0.15) is 44.6 Å². The molecule has 0 bridgehead atoms. The highest BCUT2D eigenvalue weighted by molar-refractivity contribution is 6.05. The zero-order valence-corrected chi connectivity index (χ0v) is 16.9. The van der Waals surface area contributed by atoms with Crippen molar-refractivity contribution >= 4 is 23.4 Å². The zero-order chi connectivity index (χ0) is 20.1. The largest absolute Gasteiger partial charge is 0.370 e. The van der Waals surface area contributed by atoms with Gasteiger partial charge in [-0.3, -0.25) is 19.3 Å². The first-order valence-corrected chi connectivity index (χ1v) is 10.4. The van der Waals surface area contributed by atoms with Gasteiger partial charge in [0.1, 0.15) is 0 Å². The molecule has 3 amide bonds. The molecule has 0 unspecified atom stereocenters. The van der Waals surface area contributed by atoms with Gasteiger partial charge in [-0.1, -0.05) is 25.0 Å². The fourth-order valence-electron chi connectivity index (χ4n) is 4.38. The third-order valence-corrected chi connectivity index (χ3v) is 5.95. The summed E-state index contributed by atoms with van der Waals surface area (Å²) in [7, 11) is 0. The van der Waals surface area contributed by atoms with Crippen LogP contribution in [0.4, 0.5) is 5.69 Å². The molecule has 152 valence electrons. The number of aryl methyl sites for hydroxylation is 1. The Morgan fingerprint density at radius 1 is 1.18 bits per heavy atom. The van der Waals surface area contributed by atoms with Gasteiger partial charge in [0, 0.05) is 38.3 Å². The second kappa shape index (κ2) is 9.22. The van der Waals surface area contributed by atoms with Crippen LogP contribution in [0.15, 0.2) is 24.3 Å². The molecule has 2 fully saturated rings. The summed E-state index contributed by atoms with van der Waals surface area (Å²) in [4.78, 5) is 40.7. The van der Waals surface area contributed by atoms with Crippen LogP contribution in [0.25, 0.3) is 0 Å². The molecule has 0 radical (unpaired) electrons. The number of nitrogens with zero attached hydrogens (tertiary/aromatic N) is 2. The maximum atomic E-state index is 12.5. The summed E-state index contributed by atoms with van der Waals surface area (Å²) in [5, 5.41) is 2.92. The Kier molecular flexibility index (Phi) is 6.70. The highest BCUT2D eigenvalue weighted by Gasteiger charge is 2.47. The van der Waals surface area contributed by atoms with E-state index in [1.807, 2.05) is 6.07 Å². The summed E-state index contributed by atoms with van der Waals surface area (Å²) in [5.41, 5.74) is 2.35. The van der Waals surface area contributed by atoms with Gasteiger partial charge in [0.05, 0.1) is 11.8 Å². The number of imide groups is 1. The zero-order valence-electron chi connectivity index (χ0n) is 16.9. The second-order valence-corrected chi connectivity index (χ2v) is 7.84. The number of carbonyl (C=O) groups is 3. The number of likely N-dealkylation sites (N-methyl/N-ethyl adjacent to an activating group) is 1. The van der Waals surface area contributed by atoms with Crippen LogP contribution in [0, 0.1) is 18.8 Å². The standard InChI is InChI=1S/C22H31N3O3/c1-3-24(17-8-6-7-16(2)15-17)14-12-23-20(26)11-13-25-21(27)18-9-4-5-10-19(18)22(25)28/h6-8,15,18-19H,3-5,9-14H2,1-2H3,(H,23,26)/t18-,19+. The fourth-order valence-corrected chi connectivity index (χ4v) is 4.38. The van der Waals surface area contributed by atoms with Crippen molar-refractivity contribution in [1.82, 2.24) is 10.2 Å². The van der Waals surface area contributed by atoms with Gasteiger partial charge >= 0.3 is 0 Å². The van der Waals surface area contributed by atoms with Gasteiger partial charge in [-0.2, -0.15) is 0 Å². The summed E-state index contributed by atoms with van der Waals surface area (Å²) < 4.78 is 0. The Balaban J connectivity index is 1.43. The summed E-state index contributed by atoms with van der Waals surface area (Å²) in [6.07, 6.45) is 3.83. The van der Waals surface area contributed by atoms with E-state index in [1.165, 1.54) is 10.5 Å². The van der Waals surface area contributed by atoms with Gasteiger partial charge in [-0.05, 0) is 44.4 Å². The maximum Gasteiger partial charge on any atom is 0.233 e. The van der Waals surface area contributed by atoms with Crippen molar-refractivity contribution in [3.63, 3.8) is 0 Å². The quantitative estimate of drug-likeness (QED) is 0.698. The number of anilines is 1. The lowest BCUT2D eigenvalue weighted by Crippen LogP contribution is -2.38. The molecule has 3 rings (SSSR count). The molecule has 1 heterocycles. The lowest BCUT2D eigenvalue weighted by Gasteiger charge is -2.23. The molecule has 6 nitrogen and oxygen atoms in total. The number of hydrogen-bond donors (Lipinski definition) is 1. The van der Waals surface area contributed by atoms with Crippen LogP contribution in [0.3, 0.4) is 0 Å². The molecule has 2 atom stereocenters. The Hall–Kier alpha value is -2.37. The first-order chi connectivity index (χ1) is 13.5. The van der Waals surface area contributed by atoms with Crippen molar-refractivity contribution in [1.29, 1.82) is 0 Å². The summed E-state index contributed by atoms with van der Waals surface area (Å²) in [5.74, 6) is -0.539. The molecular weight excluding hydrogens is 354 g/mol. The summed E-state index contributed by atoms with van der Waals surface area (Å²) in [6, 6.07) is 8.31. The molecule has 1 aromatic rings. The van der Waals surface area contributed by atoms with Crippen molar-refractivity contribution in [2.75, 3.05) is 31.1 Å². The first kappa shape index (κ1) is 20.4. The Morgan fingerprint density at radius 3 is 2.46 bits per heavy atom. The molecule has 1 saturated carbocycles. The Labute approximate surface area is 167 Å². The third-order valence-electron chi connectivity index (χ3n) is 5.95. The van der Waals surface area contributed by atoms with E-state index in [0.717, 1.165) is 44.5 Å². The molecule has 2 aliphatic rings. The number of benzene rings is 1. The van der Waals surface area contributed by atoms with Crippen LogP contribution in [0.5, 0.6) is 0 Å². The van der Waals surface area contributed by atoms with Gasteiger partial charge < -0.3 is 10.2 Å². The van der Waals surface area contributed by atoms with Crippen LogP contribution >= 0.6 is 0 Å². The number of nitrogens with one attached hydrogen (secondary N) is 1. The van der Waals surface area contributed by atoms with E-state index >= 15 is 0 Å². The fraction of sp³-hybridized carbons (Fsp3) is 0.591. The number of carbonyl (C=O) groups excluding carboxylic acids is 3. The molecular formula is C22H31N3O3. The highest BCUT2D eigenvalue weighted by atomic mass is 16.2. The molecule has 28 heavy (non-hydrogen) atoms. The molecule has 1 saturated heterocycles. The molecule has 1 aromatic carbocycles. The summed E-state index contributed by atoms with van der Waals surface area (Å²) in [6.45, 7) is 6.47. The predicted octanol–water partition coefficient (Wildman–Crippen LogP) is 2.50. The van der Waals surface area contributed by atoms with Crippen LogP contribution in [-0.2, 0) is 14.4 Å². The topological polar surface area (TPSA) is 69.7 Å².